The second kappa shape index (κ2) is 11.5. The van der Waals surface area contributed by atoms with Crippen molar-refractivity contribution in [3.63, 3.8) is 0 Å². The van der Waals surface area contributed by atoms with Gasteiger partial charge in [0.1, 0.15) is 0 Å². The average molecular weight is 474 g/mol. The molecule has 0 fully saturated rings. The second-order valence-electron chi connectivity index (χ2n) is 7.68. The summed E-state index contributed by atoms with van der Waals surface area (Å²) in [5.74, 6) is 0.104. The number of rotatable bonds is 10. The highest BCUT2D eigenvalue weighted by molar-refractivity contribution is 8.00. The molecular formula is C24H28ClN3O3S. The fourth-order valence-corrected chi connectivity index (χ4v) is 4.46. The van der Waals surface area contributed by atoms with E-state index in [9.17, 15) is 9.59 Å². The first-order valence-corrected chi connectivity index (χ1v) is 11.8. The number of fused-ring (bicyclic) bond motifs is 1. The molecule has 0 aliphatic heterocycles. The number of amides is 1. The molecule has 1 N–H and O–H groups in total. The number of benzene rings is 2. The molecule has 2 aromatic carbocycles. The lowest BCUT2D eigenvalue weighted by Crippen LogP contribution is -2.34. The molecule has 1 aromatic heterocycles. The lowest BCUT2D eigenvalue weighted by atomic mass is 10.0. The maximum atomic E-state index is 13.1. The third kappa shape index (κ3) is 6.12. The summed E-state index contributed by atoms with van der Waals surface area (Å²) < 4.78 is 6.75. The van der Waals surface area contributed by atoms with Gasteiger partial charge in [0.2, 0.25) is 5.91 Å². The quantitative estimate of drug-likeness (QED) is 0.267. The topological polar surface area (TPSA) is 73.2 Å². The number of nitrogens with zero attached hydrogens (tertiary/aromatic N) is 2. The maximum absolute atomic E-state index is 13.1. The Bertz CT molecular complexity index is 1120. The van der Waals surface area contributed by atoms with Crippen LogP contribution in [0, 0.1) is 0 Å². The maximum Gasteiger partial charge on any atom is 0.262 e. The summed E-state index contributed by atoms with van der Waals surface area (Å²) in [5, 5.41) is 4.11. The van der Waals surface area contributed by atoms with Gasteiger partial charge in [-0.15, -0.1) is 0 Å². The van der Waals surface area contributed by atoms with Crippen LogP contribution in [0.15, 0.2) is 58.5 Å². The smallest absolute Gasteiger partial charge is 0.262 e. The molecule has 0 spiro atoms. The number of hydrogen-bond acceptors (Lipinski definition) is 5. The van der Waals surface area contributed by atoms with Crippen LogP contribution in [0.4, 0.5) is 0 Å². The number of carbonyl (C=O) groups is 1. The van der Waals surface area contributed by atoms with Crippen LogP contribution in [0.1, 0.15) is 31.7 Å². The minimum absolute atomic E-state index is 0.0957. The van der Waals surface area contributed by atoms with Crippen molar-refractivity contribution in [3.8, 4) is 0 Å². The summed E-state index contributed by atoms with van der Waals surface area (Å²) in [6.07, 6.45) is 0.667. The van der Waals surface area contributed by atoms with Crippen molar-refractivity contribution >= 4 is 40.2 Å². The van der Waals surface area contributed by atoms with E-state index in [1.807, 2.05) is 25.1 Å². The molecule has 0 radical (unpaired) electrons. The fraction of sp³-hybridized carbons (Fsp3) is 0.375. The van der Waals surface area contributed by atoms with Gasteiger partial charge in [-0.05, 0) is 43.0 Å². The number of ether oxygens (including phenoxy) is 1. The minimum Gasteiger partial charge on any atom is -0.385 e. The molecule has 0 bridgehead atoms. The first-order chi connectivity index (χ1) is 15.4. The number of halogens is 1. The molecule has 2 atom stereocenters. The normalized spacial score (nSPS) is 13.1. The van der Waals surface area contributed by atoms with Crippen molar-refractivity contribution < 1.29 is 9.53 Å². The van der Waals surface area contributed by atoms with Crippen LogP contribution in [-0.2, 0) is 16.1 Å². The second-order valence-corrected chi connectivity index (χ2v) is 9.42. The number of aromatic nitrogens is 2. The highest BCUT2D eigenvalue weighted by Crippen LogP contribution is 2.24. The molecule has 0 saturated heterocycles. The lowest BCUT2D eigenvalue weighted by molar-refractivity contribution is -0.120. The van der Waals surface area contributed by atoms with Gasteiger partial charge >= 0.3 is 0 Å². The van der Waals surface area contributed by atoms with E-state index in [0.717, 1.165) is 0 Å². The Morgan fingerprint density at radius 3 is 2.69 bits per heavy atom. The summed E-state index contributed by atoms with van der Waals surface area (Å²) in [5.41, 5.74) is 1.56. The minimum atomic E-state index is -0.421. The molecule has 6 nitrogen and oxygen atoms in total. The van der Waals surface area contributed by atoms with Gasteiger partial charge in [0.05, 0.1) is 16.2 Å². The van der Waals surface area contributed by atoms with Crippen LogP contribution in [0.3, 0.4) is 0 Å². The van der Waals surface area contributed by atoms with Crippen molar-refractivity contribution in [2.75, 3.05) is 20.3 Å². The molecule has 0 aliphatic rings. The standard InChI is InChI=1S/C24H28ClN3O3S/c1-16(18-8-5-4-6-9-18)15-26-22(29)17(2)32-24-27-21-14-19(25)10-11-20(21)23(30)28(24)12-7-13-31-3/h4-6,8-11,14,16-17H,7,12-13,15H2,1-3H3,(H,26,29). The van der Waals surface area contributed by atoms with E-state index in [1.165, 1.54) is 17.3 Å². The number of hydrogen-bond donors (Lipinski definition) is 1. The summed E-state index contributed by atoms with van der Waals surface area (Å²) in [4.78, 5) is 30.5. The largest absolute Gasteiger partial charge is 0.385 e. The Hall–Kier alpha value is -2.35. The molecule has 1 amide bonds. The number of carbonyl (C=O) groups excluding carboxylic acids is 1. The monoisotopic (exact) mass is 473 g/mol. The molecule has 3 aromatic rings. The first-order valence-electron chi connectivity index (χ1n) is 10.6. The SMILES string of the molecule is COCCCn1c(SC(C)C(=O)NCC(C)c2ccccc2)nc2cc(Cl)ccc2c1=O. The highest BCUT2D eigenvalue weighted by Gasteiger charge is 2.20. The van der Waals surface area contributed by atoms with Gasteiger partial charge in [0, 0.05) is 31.8 Å². The Balaban J connectivity index is 1.77. The molecule has 0 saturated carbocycles. The van der Waals surface area contributed by atoms with Crippen LogP contribution in [0.2, 0.25) is 5.02 Å². The zero-order chi connectivity index (χ0) is 23.1. The molecule has 32 heavy (non-hydrogen) atoms. The first kappa shape index (κ1) is 24.3. The van der Waals surface area contributed by atoms with E-state index >= 15 is 0 Å². The van der Waals surface area contributed by atoms with E-state index in [-0.39, 0.29) is 17.4 Å². The molecule has 0 aliphatic carbocycles. The predicted octanol–water partition coefficient (Wildman–Crippen LogP) is 4.49. The number of methoxy groups -OCH3 is 1. The van der Waals surface area contributed by atoms with E-state index in [2.05, 4.69) is 29.4 Å². The Labute approximate surface area is 197 Å². The summed E-state index contributed by atoms with van der Waals surface area (Å²) in [7, 11) is 1.63. The Morgan fingerprint density at radius 1 is 1.22 bits per heavy atom. The lowest BCUT2D eigenvalue weighted by Gasteiger charge is -2.18. The summed E-state index contributed by atoms with van der Waals surface area (Å²) >= 11 is 7.38. The highest BCUT2D eigenvalue weighted by atomic mass is 35.5. The van der Waals surface area contributed by atoms with Gasteiger partial charge in [-0.1, -0.05) is 60.6 Å². The van der Waals surface area contributed by atoms with E-state index < -0.39 is 5.25 Å². The third-order valence-corrected chi connectivity index (χ3v) is 6.54. The third-order valence-electron chi connectivity index (χ3n) is 5.22. The van der Waals surface area contributed by atoms with Crippen LogP contribution in [0.25, 0.3) is 10.9 Å². The van der Waals surface area contributed by atoms with E-state index in [4.69, 9.17) is 16.3 Å². The van der Waals surface area contributed by atoms with Crippen molar-refractivity contribution in [2.24, 2.45) is 0 Å². The number of thioether (sulfide) groups is 1. The van der Waals surface area contributed by atoms with Gasteiger partial charge in [-0.25, -0.2) is 4.98 Å². The molecule has 1 heterocycles. The summed E-state index contributed by atoms with van der Waals surface area (Å²) in [6.45, 7) is 5.42. The molecule has 8 heteroatoms. The van der Waals surface area contributed by atoms with Gasteiger partial charge in [0.15, 0.2) is 5.16 Å². The van der Waals surface area contributed by atoms with Crippen LogP contribution >= 0.6 is 23.4 Å². The van der Waals surface area contributed by atoms with E-state index in [0.29, 0.717) is 47.2 Å². The molecule has 170 valence electrons. The van der Waals surface area contributed by atoms with Gasteiger partial charge in [-0.3, -0.25) is 14.2 Å². The van der Waals surface area contributed by atoms with Crippen molar-refractivity contribution in [1.82, 2.24) is 14.9 Å². The summed E-state index contributed by atoms with van der Waals surface area (Å²) in [6, 6.07) is 15.1. The van der Waals surface area contributed by atoms with Gasteiger partial charge in [0.25, 0.3) is 5.56 Å². The Morgan fingerprint density at radius 2 is 1.97 bits per heavy atom. The Kier molecular flexibility index (Phi) is 8.73. The molecule has 2 unspecified atom stereocenters. The van der Waals surface area contributed by atoms with Crippen molar-refractivity contribution in [1.29, 1.82) is 0 Å². The van der Waals surface area contributed by atoms with E-state index in [1.54, 1.807) is 29.9 Å². The fourth-order valence-electron chi connectivity index (χ4n) is 3.34. The zero-order valence-electron chi connectivity index (χ0n) is 18.5. The average Bonchev–Trinajstić information content (AvgIpc) is 2.79. The van der Waals surface area contributed by atoms with Crippen LogP contribution < -0.4 is 10.9 Å². The van der Waals surface area contributed by atoms with Gasteiger partial charge < -0.3 is 10.1 Å². The predicted molar refractivity (Wildman–Crippen MR) is 131 cm³/mol. The van der Waals surface area contributed by atoms with Crippen LogP contribution in [0.5, 0.6) is 0 Å². The number of nitrogens with one attached hydrogen (secondary N) is 1. The zero-order valence-corrected chi connectivity index (χ0v) is 20.1. The van der Waals surface area contributed by atoms with Gasteiger partial charge in [-0.2, -0.15) is 0 Å². The van der Waals surface area contributed by atoms with Crippen molar-refractivity contribution in [3.05, 3.63) is 69.5 Å². The molecule has 3 rings (SSSR count). The van der Waals surface area contributed by atoms with Crippen molar-refractivity contribution in [2.45, 2.75) is 43.1 Å². The van der Waals surface area contributed by atoms with Crippen LogP contribution in [-0.4, -0.2) is 41.0 Å². The molecular weight excluding hydrogens is 446 g/mol.